The minimum absolute atomic E-state index is 0.0103. The topological polar surface area (TPSA) is 72.4 Å². The quantitative estimate of drug-likeness (QED) is 0.467. The van der Waals surface area contributed by atoms with Gasteiger partial charge >= 0.3 is 6.01 Å². The molecule has 2 bridgehead atoms. The molecule has 2 aromatic carbocycles. The molecule has 2 saturated heterocycles. The Labute approximate surface area is 197 Å². The molecule has 3 atom stereocenters. The molecule has 1 N–H and O–H groups in total. The number of hydrogen-bond acceptors (Lipinski definition) is 7. The predicted octanol–water partition coefficient (Wildman–Crippen LogP) is 3.97. The molecule has 2 aromatic heterocycles. The first-order valence-electron chi connectivity index (χ1n) is 11.5. The zero-order valence-electron chi connectivity index (χ0n) is 18.7. The summed E-state index contributed by atoms with van der Waals surface area (Å²) in [4.78, 5) is 15.5. The fourth-order valence-corrected chi connectivity index (χ4v) is 5.69. The Morgan fingerprint density at radius 1 is 1.03 bits per heavy atom. The third kappa shape index (κ3) is 2.92. The molecule has 0 spiro atoms. The summed E-state index contributed by atoms with van der Waals surface area (Å²) in [7, 11) is 1.42. The van der Waals surface area contributed by atoms with Gasteiger partial charge in [-0.1, -0.05) is 24.3 Å². The highest BCUT2D eigenvalue weighted by molar-refractivity contribution is 6.01. The minimum atomic E-state index is -1.06. The average Bonchev–Trinajstić information content (AvgIpc) is 3.19. The van der Waals surface area contributed by atoms with E-state index in [1.165, 1.54) is 19.2 Å². The molecule has 7 nitrogen and oxygen atoms in total. The number of nitrogens with zero attached hydrogens (tertiary/aromatic N) is 4. The highest BCUT2D eigenvalue weighted by Gasteiger charge is 2.44. The van der Waals surface area contributed by atoms with Crippen LogP contribution in [0.2, 0.25) is 0 Å². The summed E-state index contributed by atoms with van der Waals surface area (Å²) in [6.45, 7) is 1.01. The SMILES string of the molecule is COc1nc2c3c(nc(-c4cccc5ccc(F)c(F)c45)c(F)c3n1)OCC1C3CCC(CN21)N3. The van der Waals surface area contributed by atoms with Crippen LogP contribution >= 0.6 is 0 Å². The summed E-state index contributed by atoms with van der Waals surface area (Å²) in [5.41, 5.74) is -0.0958. The van der Waals surface area contributed by atoms with Gasteiger partial charge in [-0.2, -0.15) is 9.97 Å². The van der Waals surface area contributed by atoms with Gasteiger partial charge in [0.1, 0.15) is 29.0 Å². The zero-order chi connectivity index (χ0) is 23.8. The number of ether oxygens (including phenoxy) is 2. The summed E-state index contributed by atoms with van der Waals surface area (Å²) in [5.74, 6) is -2.19. The van der Waals surface area contributed by atoms with E-state index in [9.17, 15) is 8.78 Å². The van der Waals surface area contributed by atoms with E-state index in [2.05, 4.69) is 25.2 Å². The van der Waals surface area contributed by atoms with Crippen LogP contribution in [-0.4, -0.2) is 53.3 Å². The number of anilines is 1. The number of methoxy groups -OCH3 is 1. The van der Waals surface area contributed by atoms with Crippen LogP contribution < -0.4 is 19.7 Å². The smallest absolute Gasteiger partial charge is 0.318 e. The van der Waals surface area contributed by atoms with E-state index < -0.39 is 17.5 Å². The van der Waals surface area contributed by atoms with E-state index in [0.29, 0.717) is 35.8 Å². The summed E-state index contributed by atoms with van der Waals surface area (Å²) in [5, 5.41) is 4.34. The van der Waals surface area contributed by atoms with E-state index in [-0.39, 0.29) is 46.1 Å². The number of benzene rings is 2. The van der Waals surface area contributed by atoms with Crippen LogP contribution in [0.25, 0.3) is 32.9 Å². The number of aromatic nitrogens is 3. The van der Waals surface area contributed by atoms with Crippen molar-refractivity contribution in [3.63, 3.8) is 0 Å². The molecule has 3 unspecified atom stereocenters. The number of pyridine rings is 1. The van der Waals surface area contributed by atoms with Crippen molar-refractivity contribution in [2.45, 2.75) is 31.0 Å². The Kier molecular flexibility index (Phi) is 4.38. The second-order valence-electron chi connectivity index (χ2n) is 9.18. The van der Waals surface area contributed by atoms with Crippen molar-refractivity contribution in [3.05, 3.63) is 47.8 Å². The van der Waals surface area contributed by atoms with Gasteiger partial charge in [0.15, 0.2) is 17.5 Å². The van der Waals surface area contributed by atoms with Crippen LogP contribution in [-0.2, 0) is 0 Å². The lowest BCUT2D eigenvalue weighted by atomic mass is 10.00. The van der Waals surface area contributed by atoms with Crippen molar-refractivity contribution >= 4 is 27.5 Å². The van der Waals surface area contributed by atoms with E-state index in [1.54, 1.807) is 12.1 Å². The third-order valence-electron chi connectivity index (χ3n) is 7.31. The summed E-state index contributed by atoms with van der Waals surface area (Å²) in [6.07, 6.45) is 2.05. The van der Waals surface area contributed by atoms with Crippen molar-refractivity contribution in [2.24, 2.45) is 0 Å². The summed E-state index contributed by atoms with van der Waals surface area (Å²) >= 11 is 0. The van der Waals surface area contributed by atoms with Crippen molar-refractivity contribution in [3.8, 4) is 23.1 Å². The highest BCUT2D eigenvalue weighted by Crippen LogP contribution is 2.43. The van der Waals surface area contributed by atoms with Crippen LogP contribution in [0.15, 0.2) is 30.3 Å². The van der Waals surface area contributed by atoms with E-state index in [0.717, 1.165) is 18.9 Å². The van der Waals surface area contributed by atoms with Gasteiger partial charge < -0.3 is 19.7 Å². The summed E-state index contributed by atoms with van der Waals surface area (Å²) < 4.78 is 56.7. The second kappa shape index (κ2) is 7.42. The molecule has 0 saturated carbocycles. The fraction of sp³-hybridized carbons (Fsp3) is 0.320. The van der Waals surface area contributed by atoms with Crippen LogP contribution in [0.5, 0.6) is 11.9 Å². The minimum Gasteiger partial charge on any atom is -0.475 e. The van der Waals surface area contributed by atoms with Gasteiger partial charge in [-0.05, 0) is 24.3 Å². The van der Waals surface area contributed by atoms with E-state index in [1.807, 2.05) is 0 Å². The number of piperazine rings is 1. The number of halogens is 3. The van der Waals surface area contributed by atoms with E-state index >= 15 is 4.39 Å². The summed E-state index contributed by atoms with van der Waals surface area (Å²) in [6, 6.07) is 7.78. The average molecular weight is 479 g/mol. The number of hydrogen-bond donors (Lipinski definition) is 1. The molecule has 10 heteroatoms. The van der Waals surface area contributed by atoms with Crippen molar-refractivity contribution in [1.82, 2.24) is 20.3 Å². The van der Waals surface area contributed by atoms with Gasteiger partial charge in [-0.15, -0.1) is 0 Å². The van der Waals surface area contributed by atoms with Crippen LogP contribution in [0, 0.1) is 17.5 Å². The van der Waals surface area contributed by atoms with Gasteiger partial charge in [0.05, 0.1) is 13.2 Å². The molecule has 3 aliphatic heterocycles. The zero-order valence-corrected chi connectivity index (χ0v) is 18.7. The molecule has 5 heterocycles. The molecule has 3 aliphatic rings. The van der Waals surface area contributed by atoms with Crippen molar-refractivity contribution in [1.29, 1.82) is 0 Å². The monoisotopic (exact) mass is 479 g/mol. The van der Waals surface area contributed by atoms with E-state index in [4.69, 9.17) is 9.47 Å². The van der Waals surface area contributed by atoms with Gasteiger partial charge in [0, 0.05) is 29.6 Å². The van der Waals surface area contributed by atoms with Crippen LogP contribution in [0.4, 0.5) is 19.0 Å². The number of fused-ring (bicyclic) bond motifs is 6. The van der Waals surface area contributed by atoms with Gasteiger partial charge in [-0.25, -0.2) is 18.2 Å². The lowest BCUT2D eigenvalue weighted by Crippen LogP contribution is -2.60. The number of rotatable bonds is 2. The Balaban J connectivity index is 1.52. The molecule has 0 amide bonds. The van der Waals surface area contributed by atoms with Gasteiger partial charge in [0.2, 0.25) is 5.88 Å². The first kappa shape index (κ1) is 20.7. The maximum atomic E-state index is 16.2. The first-order chi connectivity index (χ1) is 17.0. The Bertz CT molecular complexity index is 1530. The molecule has 35 heavy (non-hydrogen) atoms. The van der Waals surface area contributed by atoms with Gasteiger partial charge in [-0.3, -0.25) is 0 Å². The molecule has 0 radical (unpaired) electrons. The Morgan fingerprint density at radius 2 is 1.91 bits per heavy atom. The molecule has 4 aromatic rings. The Hall–Kier alpha value is -3.66. The maximum Gasteiger partial charge on any atom is 0.318 e. The molecular formula is C25H20F3N5O2. The standard InChI is InChI=1S/C25H20F3N5O2/c1-34-25-31-22-18-23(32-25)33-9-12-6-8-15(29-12)16(33)10-35-24(18)30-21(20(22)28)13-4-2-3-11-5-7-14(26)19(27)17(11)13/h2-5,7,12,15-16,29H,6,8-10H2,1H3. The van der Waals surface area contributed by atoms with Crippen molar-refractivity contribution < 1.29 is 22.6 Å². The molecule has 0 aliphatic carbocycles. The second-order valence-corrected chi connectivity index (χ2v) is 9.18. The molecule has 178 valence electrons. The van der Waals surface area contributed by atoms with Gasteiger partial charge in [0.25, 0.3) is 0 Å². The van der Waals surface area contributed by atoms with Crippen LogP contribution in [0.1, 0.15) is 12.8 Å². The first-order valence-corrected chi connectivity index (χ1v) is 11.5. The van der Waals surface area contributed by atoms with Crippen LogP contribution in [0.3, 0.4) is 0 Å². The normalized spacial score (nSPS) is 22.7. The fourth-order valence-electron chi connectivity index (χ4n) is 5.69. The molecular weight excluding hydrogens is 459 g/mol. The van der Waals surface area contributed by atoms with Crippen molar-refractivity contribution in [2.75, 3.05) is 25.2 Å². The predicted molar refractivity (Wildman–Crippen MR) is 123 cm³/mol. The third-order valence-corrected chi connectivity index (χ3v) is 7.31. The lowest BCUT2D eigenvalue weighted by molar-refractivity contribution is 0.238. The lowest BCUT2D eigenvalue weighted by Gasteiger charge is -2.40. The molecule has 7 rings (SSSR count). The maximum absolute atomic E-state index is 16.2. The number of nitrogens with one attached hydrogen (secondary N) is 1. The Morgan fingerprint density at radius 3 is 2.77 bits per heavy atom. The highest BCUT2D eigenvalue weighted by atomic mass is 19.2. The molecule has 2 fully saturated rings. The largest absolute Gasteiger partial charge is 0.475 e.